The lowest BCUT2D eigenvalue weighted by Gasteiger charge is -2.15. The van der Waals surface area contributed by atoms with Crippen LogP contribution in [0.4, 0.5) is 13.2 Å². The van der Waals surface area contributed by atoms with Crippen molar-refractivity contribution in [2.75, 3.05) is 0 Å². The van der Waals surface area contributed by atoms with E-state index < -0.39 is 17.6 Å². The van der Waals surface area contributed by atoms with Crippen LogP contribution in [0.3, 0.4) is 0 Å². The highest BCUT2D eigenvalue weighted by atomic mass is 32.1. The van der Waals surface area contributed by atoms with Crippen molar-refractivity contribution >= 4 is 17.2 Å². The van der Waals surface area contributed by atoms with Gasteiger partial charge in [-0.15, -0.1) is 11.3 Å². The van der Waals surface area contributed by atoms with Crippen LogP contribution in [0.15, 0.2) is 54.7 Å². The fourth-order valence-corrected chi connectivity index (χ4v) is 3.19. The Labute approximate surface area is 139 Å². The maximum atomic E-state index is 13.3. The van der Waals surface area contributed by atoms with Gasteiger partial charge in [-0.05, 0) is 17.2 Å². The van der Waals surface area contributed by atoms with E-state index in [1.807, 2.05) is 0 Å². The molecule has 0 unspecified atom stereocenters. The number of aromatic nitrogens is 1. The summed E-state index contributed by atoms with van der Waals surface area (Å²) in [6.45, 7) is 0. The van der Waals surface area contributed by atoms with Crippen molar-refractivity contribution in [3.05, 3.63) is 65.2 Å². The first-order valence-corrected chi connectivity index (χ1v) is 7.71. The van der Waals surface area contributed by atoms with Crippen molar-refractivity contribution in [3.8, 4) is 21.7 Å². The van der Waals surface area contributed by atoms with Gasteiger partial charge in [-0.2, -0.15) is 13.2 Å². The number of alkyl halides is 3. The molecule has 2 N–H and O–H groups in total. The summed E-state index contributed by atoms with van der Waals surface area (Å²) < 4.78 is 39.9. The Morgan fingerprint density at radius 3 is 2.12 bits per heavy atom. The molecule has 0 radical (unpaired) electrons. The molecule has 1 aromatic heterocycles. The maximum absolute atomic E-state index is 13.3. The fraction of sp³-hybridized carbons (Fsp3) is 0.0588. The zero-order chi connectivity index (χ0) is 17.3. The number of carbonyl (C=O) groups is 1. The van der Waals surface area contributed by atoms with Gasteiger partial charge in [0, 0.05) is 5.56 Å². The first-order valence-electron chi connectivity index (χ1n) is 6.89. The predicted octanol–water partition coefficient (Wildman–Crippen LogP) is 4.59. The smallest absolute Gasteiger partial charge is 0.365 e. The quantitative estimate of drug-likeness (QED) is 0.752. The zero-order valence-corrected chi connectivity index (χ0v) is 13.0. The molecular formula is C17H11F3N2OS. The molecule has 0 saturated heterocycles. The SMILES string of the molecule is NC(=O)c1cnc(-c2ccccc2-c2ccccc2C(F)(F)F)s1. The Hall–Kier alpha value is -2.67. The summed E-state index contributed by atoms with van der Waals surface area (Å²) in [6, 6.07) is 12.0. The van der Waals surface area contributed by atoms with Crippen molar-refractivity contribution in [2.24, 2.45) is 5.73 Å². The third kappa shape index (κ3) is 3.03. The van der Waals surface area contributed by atoms with E-state index in [2.05, 4.69) is 4.98 Å². The zero-order valence-electron chi connectivity index (χ0n) is 12.2. The molecule has 1 amide bonds. The number of nitrogens with two attached hydrogens (primary N) is 1. The Morgan fingerprint density at radius 2 is 1.54 bits per heavy atom. The number of rotatable bonds is 3. The van der Waals surface area contributed by atoms with Gasteiger partial charge in [0.25, 0.3) is 5.91 Å². The average molecular weight is 348 g/mol. The van der Waals surface area contributed by atoms with Gasteiger partial charge in [-0.1, -0.05) is 42.5 Å². The van der Waals surface area contributed by atoms with Crippen LogP contribution in [-0.4, -0.2) is 10.9 Å². The molecule has 0 aliphatic carbocycles. The van der Waals surface area contributed by atoms with Crippen LogP contribution in [0.25, 0.3) is 21.7 Å². The molecule has 3 aromatic rings. The largest absolute Gasteiger partial charge is 0.417 e. The van der Waals surface area contributed by atoms with E-state index in [1.54, 1.807) is 30.3 Å². The van der Waals surface area contributed by atoms with Crippen molar-refractivity contribution in [1.29, 1.82) is 0 Å². The Morgan fingerprint density at radius 1 is 0.958 bits per heavy atom. The first-order chi connectivity index (χ1) is 11.4. The van der Waals surface area contributed by atoms with Gasteiger partial charge in [0.15, 0.2) is 0 Å². The number of benzene rings is 2. The van der Waals surface area contributed by atoms with Gasteiger partial charge in [-0.3, -0.25) is 4.79 Å². The number of carbonyl (C=O) groups excluding carboxylic acids is 1. The summed E-state index contributed by atoms with van der Waals surface area (Å²) in [4.78, 5) is 15.6. The van der Waals surface area contributed by atoms with Crippen LogP contribution >= 0.6 is 11.3 Å². The minimum absolute atomic E-state index is 0.0661. The summed E-state index contributed by atoms with van der Waals surface area (Å²) in [7, 11) is 0. The number of nitrogens with zero attached hydrogens (tertiary/aromatic N) is 1. The fourth-order valence-electron chi connectivity index (χ4n) is 2.38. The third-order valence-corrected chi connectivity index (χ3v) is 4.47. The van der Waals surface area contributed by atoms with Gasteiger partial charge in [-0.25, -0.2) is 4.98 Å². The first kappa shape index (κ1) is 16.2. The molecule has 24 heavy (non-hydrogen) atoms. The molecule has 2 aromatic carbocycles. The van der Waals surface area contributed by atoms with Crippen molar-refractivity contribution in [1.82, 2.24) is 4.98 Å². The van der Waals surface area contributed by atoms with Crippen LogP contribution in [0.5, 0.6) is 0 Å². The lowest BCUT2D eigenvalue weighted by Crippen LogP contribution is -2.08. The molecule has 0 fully saturated rings. The molecule has 0 atom stereocenters. The maximum Gasteiger partial charge on any atom is 0.417 e. The lowest BCUT2D eigenvalue weighted by atomic mass is 9.95. The van der Waals surface area contributed by atoms with Gasteiger partial charge < -0.3 is 5.73 Å². The van der Waals surface area contributed by atoms with Crippen molar-refractivity contribution < 1.29 is 18.0 Å². The summed E-state index contributed by atoms with van der Waals surface area (Å²) >= 11 is 1.05. The van der Waals surface area contributed by atoms with E-state index in [1.165, 1.54) is 18.3 Å². The number of amides is 1. The van der Waals surface area contributed by atoms with E-state index >= 15 is 0 Å². The van der Waals surface area contributed by atoms with E-state index in [4.69, 9.17) is 5.73 Å². The standard InChI is InChI=1S/C17H11F3N2OS/c18-17(19,20)13-8-4-3-6-11(13)10-5-1-2-7-12(10)16-22-9-14(24-16)15(21)23/h1-9H,(H2,21,23). The second-order valence-corrected chi connectivity index (χ2v) is 6.01. The normalized spacial score (nSPS) is 11.5. The molecule has 0 saturated carbocycles. The summed E-state index contributed by atoms with van der Waals surface area (Å²) in [6.07, 6.45) is -3.14. The van der Waals surface area contributed by atoms with Crippen LogP contribution in [-0.2, 0) is 6.18 Å². The lowest BCUT2D eigenvalue weighted by molar-refractivity contribution is -0.137. The van der Waals surface area contributed by atoms with Gasteiger partial charge >= 0.3 is 6.18 Å². The van der Waals surface area contributed by atoms with Crippen LogP contribution in [0.2, 0.25) is 0 Å². The summed E-state index contributed by atoms with van der Waals surface area (Å²) in [5.41, 5.74) is 5.48. The summed E-state index contributed by atoms with van der Waals surface area (Å²) in [5.74, 6) is -0.619. The van der Waals surface area contributed by atoms with Crippen LogP contribution < -0.4 is 5.73 Å². The van der Waals surface area contributed by atoms with E-state index in [9.17, 15) is 18.0 Å². The number of primary amides is 1. The van der Waals surface area contributed by atoms with E-state index in [-0.39, 0.29) is 10.4 Å². The van der Waals surface area contributed by atoms with E-state index in [0.29, 0.717) is 16.1 Å². The average Bonchev–Trinajstić information content (AvgIpc) is 3.04. The number of halogens is 3. The van der Waals surface area contributed by atoms with Gasteiger partial charge in [0.05, 0.1) is 11.8 Å². The number of hydrogen-bond acceptors (Lipinski definition) is 3. The molecule has 3 rings (SSSR count). The second kappa shape index (κ2) is 6.09. The monoisotopic (exact) mass is 348 g/mol. The Balaban J connectivity index is 2.19. The highest BCUT2D eigenvalue weighted by Gasteiger charge is 2.33. The minimum Gasteiger partial charge on any atom is -0.365 e. The molecule has 122 valence electrons. The predicted molar refractivity (Wildman–Crippen MR) is 86.5 cm³/mol. The molecule has 0 bridgehead atoms. The highest BCUT2D eigenvalue weighted by Crippen LogP contribution is 2.41. The van der Waals surface area contributed by atoms with Crippen molar-refractivity contribution in [3.63, 3.8) is 0 Å². The summed E-state index contributed by atoms with van der Waals surface area (Å²) in [5, 5.41) is 0.441. The van der Waals surface area contributed by atoms with Gasteiger partial charge in [0.1, 0.15) is 9.88 Å². The molecule has 0 spiro atoms. The molecule has 3 nitrogen and oxygen atoms in total. The molecule has 0 aliphatic heterocycles. The molecular weight excluding hydrogens is 337 g/mol. The number of hydrogen-bond donors (Lipinski definition) is 1. The molecule has 7 heteroatoms. The van der Waals surface area contributed by atoms with Crippen molar-refractivity contribution in [2.45, 2.75) is 6.18 Å². The Kier molecular flexibility index (Phi) is 4.11. The van der Waals surface area contributed by atoms with Crippen LogP contribution in [0.1, 0.15) is 15.2 Å². The second-order valence-electron chi connectivity index (χ2n) is 4.98. The highest BCUT2D eigenvalue weighted by molar-refractivity contribution is 7.17. The van der Waals surface area contributed by atoms with Crippen LogP contribution in [0, 0.1) is 0 Å². The topological polar surface area (TPSA) is 56.0 Å². The minimum atomic E-state index is -4.47. The molecule has 1 heterocycles. The third-order valence-electron chi connectivity index (χ3n) is 3.43. The van der Waals surface area contributed by atoms with Gasteiger partial charge in [0.2, 0.25) is 0 Å². The van der Waals surface area contributed by atoms with E-state index in [0.717, 1.165) is 17.4 Å². The molecule has 0 aliphatic rings. The number of thiazole rings is 1. The Bertz CT molecular complexity index is 903.